The van der Waals surface area contributed by atoms with Crippen LogP contribution in [0.25, 0.3) is 0 Å². The molecule has 3 aliphatic heterocycles. The Balaban J connectivity index is 1.51. The smallest absolute Gasteiger partial charge is 0.328 e. The Labute approximate surface area is 218 Å². The van der Waals surface area contributed by atoms with Crippen LogP contribution < -0.4 is 10.1 Å². The Morgan fingerprint density at radius 1 is 0.919 bits per heavy atom. The van der Waals surface area contributed by atoms with E-state index in [0.29, 0.717) is 18.6 Å². The molecule has 0 spiro atoms. The van der Waals surface area contributed by atoms with E-state index in [9.17, 15) is 14.4 Å². The van der Waals surface area contributed by atoms with Crippen LogP contribution in [0.4, 0.5) is 0 Å². The molecule has 1 aliphatic carbocycles. The number of esters is 1. The second kappa shape index (κ2) is 11.4. The van der Waals surface area contributed by atoms with E-state index in [1.165, 1.54) is 12.7 Å². The summed E-state index contributed by atoms with van der Waals surface area (Å²) in [6.45, 7) is 0.267. The molecular formula is C30H36N2O5. The molecule has 0 radical (unpaired) electrons. The predicted molar refractivity (Wildman–Crippen MR) is 139 cm³/mol. The van der Waals surface area contributed by atoms with Gasteiger partial charge in [0.15, 0.2) is 0 Å². The summed E-state index contributed by atoms with van der Waals surface area (Å²) in [6.07, 6.45) is 8.31. The second-order valence-corrected chi connectivity index (χ2v) is 10.5. The first-order chi connectivity index (χ1) is 18.0. The quantitative estimate of drug-likeness (QED) is 0.600. The van der Waals surface area contributed by atoms with Gasteiger partial charge in [-0.2, -0.15) is 0 Å². The SMILES string of the molecule is COC(=O)[C@@H]1Cc2ccc3cc2CN1C(=O)[C@H](C1CCCCC1)NC(=O)CCCCc1ccc(cc1)O3. The number of methoxy groups -OCH3 is 1. The molecule has 3 heterocycles. The highest BCUT2D eigenvalue weighted by Crippen LogP contribution is 2.33. The molecular weight excluding hydrogens is 468 g/mol. The Morgan fingerprint density at radius 2 is 1.65 bits per heavy atom. The van der Waals surface area contributed by atoms with Gasteiger partial charge in [0, 0.05) is 19.4 Å². The molecule has 0 saturated heterocycles. The number of amides is 2. The zero-order chi connectivity index (χ0) is 25.8. The Bertz CT molecular complexity index is 1140. The number of ether oxygens (including phenoxy) is 2. The van der Waals surface area contributed by atoms with Crippen LogP contribution in [0, 0.1) is 5.92 Å². The lowest BCUT2D eigenvalue weighted by Gasteiger charge is -2.39. The molecule has 1 fully saturated rings. The molecule has 6 rings (SSSR count). The van der Waals surface area contributed by atoms with Crippen molar-refractivity contribution in [2.45, 2.75) is 82.8 Å². The summed E-state index contributed by atoms with van der Waals surface area (Å²) in [5, 5.41) is 3.10. The number of benzene rings is 2. The normalized spacial score (nSPS) is 23.1. The zero-order valence-electron chi connectivity index (χ0n) is 21.5. The van der Waals surface area contributed by atoms with Crippen LogP contribution in [0.5, 0.6) is 11.5 Å². The van der Waals surface area contributed by atoms with E-state index in [0.717, 1.165) is 68.2 Å². The summed E-state index contributed by atoms with van der Waals surface area (Å²) in [6, 6.07) is 12.5. The summed E-state index contributed by atoms with van der Waals surface area (Å²) in [5.41, 5.74) is 3.14. The van der Waals surface area contributed by atoms with Crippen molar-refractivity contribution < 1.29 is 23.9 Å². The molecule has 0 unspecified atom stereocenters. The average molecular weight is 505 g/mol. The average Bonchev–Trinajstić information content (AvgIpc) is 2.93. The third-order valence-corrected chi connectivity index (χ3v) is 8.05. The minimum Gasteiger partial charge on any atom is -0.467 e. The van der Waals surface area contributed by atoms with Crippen LogP contribution in [0.15, 0.2) is 42.5 Å². The van der Waals surface area contributed by atoms with Gasteiger partial charge in [-0.1, -0.05) is 37.5 Å². The molecule has 5 bridgehead atoms. The van der Waals surface area contributed by atoms with Crippen LogP contribution in [0.1, 0.15) is 68.1 Å². The maximum Gasteiger partial charge on any atom is 0.328 e. The van der Waals surface area contributed by atoms with E-state index >= 15 is 0 Å². The number of hydrogen-bond donors (Lipinski definition) is 1. The van der Waals surface area contributed by atoms with Gasteiger partial charge in [0.25, 0.3) is 0 Å². The van der Waals surface area contributed by atoms with E-state index in [-0.39, 0.29) is 24.3 Å². The summed E-state index contributed by atoms with van der Waals surface area (Å²) < 4.78 is 11.2. The molecule has 2 aromatic carbocycles. The van der Waals surface area contributed by atoms with E-state index in [4.69, 9.17) is 9.47 Å². The number of nitrogens with one attached hydrogen (secondary N) is 1. The largest absolute Gasteiger partial charge is 0.467 e. The van der Waals surface area contributed by atoms with Crippen molar-refractivity contribution in [3.05, 3.63) is 59.2 Å². The number of nitrogens with zero attached hydrogens (tertiary/aromatic N) is 1. The summed E-state index contributed by atoms with van der Waals surface area (Å²) in [7, 11) is 1.35. The lowest BCUT2D eigenvalue weighted by Crippen LogP contribution is -2.58. The molecule has 7 nitrogen and oxygen atoms in total. The second-order valence-electron chi connectivity index (χ2n) is 10.5. The van der Waals surface area contributed by atoms with Gasteiger partial charge in [-0.15, -0.1) is 0 Å². The van der Waals surface area contributed by atoms with E-state index < -0.39 is 18.1 Å². The van der Waals surface area contributed by atoms with Crippen molar-refractivity contribution in [1.82, 2.24) is 10.2 Å². The van der Waals surface area contributed by atoms with E-state index in [1.807, 2.05) is 30.3 Å². The first kappa shape index (κ1) is 25.3. The highest BCUT2D eigenvalue weighted by molar-refractivity contribution is 5.91. The van der Waals surface area contributed by atoms with Crippen molar-refractivity contribution >= 4 is 17.8 Å². The maximum atomic E-state index is 14.1. The summed E-state index contributed by atoms with van der Waals surface area (Å²) in [5.74, 6) is 0.788. The fourth-order valence-corrected chi connectivity index (χ4v) is 5.95. The Morgan fingerprint density at radius 3 is 2.41 bits per heavy atom. The Hall–Kier alpha value is -3.35. The van der Waals surface area contributed by atoms with Gasteiger partial charge in [-0.25, -0.2) is 4.79 Å². The molecule has 0 aromatic heterocycles. The van der Waals surface area contributed by atoms with Crippen molar-refractivity contribution in [3.63, 3.8) is 0 Å². The number of fused-ring (bicyclic) bond motifs is 9. The molecule has 2 amide bonds. The first-order valence-corrected chi connectivity index (χ1v) is 13.6. The molecule has 1 saturated carbocycles. The van der Waals surface area contributed by atoms with Gasteiger partial charge in [0.1, 0.15) is 23.6 Å². The van der Waals surface area contributed by atoms with Gasteiger partial charge in [0.2, 0.25) is 11.8 Å². The summed E-state index contributed by atoms with van der Waals surface area (Å²) >= 11 is 0. The van der Waals surface area contributed by atoms with Gasteiger partial charge in [-0.05, 0) is 79.0 Å². The monoisotopic (exact) mass is 504 g/mol. The van der Waals surface area contributed by atoms with Gasteiger partial charge >= 0.3 is 5.97 Å². The van der Waals surface area contributed by atoms with Crippen molar-refractivity contribution in [2.75, 3.05) is 7.11 Å². The topological polar surface area (TPSA) is 84.9 Å². The number of carbonyl (C=O) groups is 3. The number of carbonyl (C=O) groups excluding carboxylic acids is 3. The van der Waals surface area contributed by atoms with Gasteiger partial charge < -0.3 is 19.7 Å². The van der Waals surface area contributed by atoms with E-state index in [2.05, 4.69) is 17.4 Å². The maximum absolute atomic E-state index is 14.1. The standard InChI is InChI=1S/C30H36N2O5/c1-36-30(35)26-18-22-13-16-25-17-23(22)19-32(26)29(34)28(21-8-3-2-4-9-21)31-27(33)10-6-5-7-20-11-14-24(37-25)15-12-20/h11-17,21,26,28H,2-10,18-19H2,1H3,(H,31,33)/t26-,28-/m0/s1. The summed E-state index contributed by atoms with van der Waals surface area (Å²) in [4.78, 5) is 41.6. The molecule has 2 aromatic rings. The van der Waals surface area contributed by atoms with Crippen LogP contribution in [0.2, 0.25) is 0 Å². The molecule has 196 valence electrons. The van der Waals surface area contributed by atoms with E-state index in [1.54, 1.807) is 4.90 Å². The van der Waals surface area contributed by atoms with Crippen LogP contribution in [-0.2, 0) is 38.5 Å². The molecule has 37 heavy (non-hydrogen) atoms. The Kier molecular flexibility index (Phi) is 7.77. The lowest BCUT2D eigenvalue weighted by molar-refractivity contribution is -0.155. The van der Waals surface area contributed by atoms with Crippen LogP contribution in [0.3, 0.4) is 0 Å². The van der Waals surface area contributed by atoms with Gasteiger partial charge in [0.05, 0.1) is 7.11 Å². The third-order valence-electron chi connectivity index (χ3n) is 8.05. The number of aryl methyl sites for hydroxylation is 1. The highest BCUT2D eigenvalue weighted by atomic mass is 16.5. The molecule has 7 heteroatoms. The van der Waals surface area contributed by atoms with Crippen molar-refractivity contribution in [1.29, 1.82) is 0 Å². The minimum absolute atomic E-state index is 0.0723. The minimum atomic E-state index is -0.724. The first-order valence-electron chi connectivity index (χ1n) is 13.6. The van der Waals surface area contributed by atoms with Gasteiger partial charge in [-0.3, -0.25) is 9.59 Å². The number of rotatable bonds is 2. The number of hydrogen-bond acceptors (Lipinski definition) is 5. The third kappa shape index (κ3) is 5.81. The lowest BCUT2D eigenvalue weighted by atomic mass is 9.82. The predicted octanol–water partition coefficient (Wildman–Crippen LogP) is 4.70. The molecule has 2 atom stereocenters. The fraction of sp³-hybridized carbons (Fsp3) is 0.500. The highest BCUT2D eigenvalue weighted by Gasteiger charge is 2.41. The molecule has 4 aliphatic rings. The van der Waals surface area contributed by atoms with Crippen LogP contribution in [-0.4, -0.2) is 41.9 Å². The van der Waals surface area contributed by atoms with Crippen LogP contribution >= 0.6 is 0 Å². The molecule has 1 N–H and O–H groups in total. The fourth-order valence-electron chi connectivity index (χ4n) is 5.95. The zero-order valence-corrected chi connectivity index (χ0v) is 21.5. The van der Waals surface area contributed by atoms with Crippen molar-refractivity contribution in [3.8, 4) is 11.5 Å². The van der Waals surface area contributed by atoms with Crippen molar-refractivity contribution in [2.24, 2.45) is 5.92 Å².